The van der Waals surface area contributed by atoms with Gasteiger partial charge in [0.2, 0.25) is 11.8 Å². The van der Waals surface area contributed by atoms with Crippen molar-refractivity contribution in [1.29, 1.82) is 0 Å². The van der Waals surface area contributed by atoms with Crippen molar-refractivity contribution in [3.05, 3.63) is 29.6 Å². The van der Waals surface area contributed by atoms with Gasteiger partial charge in [0.1, 0.15) is 5.82 Å². The molecule has 1 N–H and O–H groups in total. The molecule has 29 heavy (non-hydrogen) atoms. The van der Waals surface area contributed by atoms with Crippen molar-refractivity contribution in [3.63, 3.8) is 0 Å². The van der Waals surface area contributed by atoms with Crippen molar-refractivity contribution in [2.24, 2.45) is 11.3 Å². The Kier molecular flexibility index (Phi) is 6.49. The number of amides is 2. The van der Waals surface area contributed by atoms with Gasteiger partial charge in [-0.25, -0.2) is 4.39 Å². The van der Waals surface area contributed by atoms with Crippen LogP contribution in [0.1, 0.15) is 52.0 Å². The predicted molar refractivity (Wildman–Crippen MR) is 113 cm³/mol. The first-order valence-electron chi connectivity index (χ1n) is 10.8. The standard InChI is InChI=1S/C23H34FN3O2/c1-16-9-10-19(24)20(13-16)26-11-6-8-18(15-26)25-21(28)17-7-5-12-27(14-17)22(29)23(2,3)4/h9-10,13,17-18H,5-8,11-12,14-15H2,1-4H3,(H,25,28). The lowest BCUT2D eigenvalue weighted by molar-refractivity contribution is -0.142. The first kappa shape index (κ1) is 21.6. The number of benzene rings is 1. The van der Waals surface area contributed by atoms with Crippen LogP contribution < -0.4 is 10.2 Å². The van der Waals surface area contributed by atoms with E-state index in [9.17, 15) is 14.0 Å². The number of nitrogens with one attached hydrogen (secondary N) is 1. The van der Waals surface area contributed by atoms with E-state index < -0.39 is 5.41 Å². The highest BCUT2D eigenvalue weighted by Gasteiger charge is 2.34. The second-order valence-corrected chi connectivity index (χ2v) is 9.59. The molecule has 2 amide bonds. The Labute approximate surface area is 173 Å². The van der Waals surface area contributed by atoms with Gasteiger partial charge < -0.3 is 15.1 Å². The largest absolute Gasteiger partial charge is 0.367 e. The van der Waals surface area contributed by atoms with E-state index in [-0.39, 0.29) is 29.6 Å². The maximum atomic E-state index is 14.3. The summed E-state index contributed by atoms with van der Waals surface area (Å²) in [5, 5.41) is 3.18. The van der Waals surface area contributed by atoms with Crippen LogP contribution in [0.5, 0.6) is 0 Å². The van der Waals surface area contributed by atoms with E-state index >= 15 is 0 Å². The normalized spacial score (nSPS) is 23.1. The predicted octanol–water partition coefficient (Wildman–Crippen LogP) is 3.50. The molecule has 2 fully saturated rings. The molecule has 0 aromatic heterocycles. The van der Waals surface area contributed by atoms with Crippen LogP contribution in [-0.2, 0) is 9.59 Å². The molecular weight excluding hydrogens is 369 g/mol. The summed E-state index contributed by atoms with van der Waals surface area (Å²) in [6.45, 7) is 10.3. The number of carbonyl (C=O) groups excluding carboxylic acids is 2. The average molecular weight is 404 g/mol. The summed E-state index contributed by atoms with van der Waals surface area (Å²) in [5.41, 5.74) is 1.21. The maximum Gasteiger partial charge on any atom is 0.227 e. The Hall–Kier alpha value is -2.11. The SMILES string of the molecule is Cc1ccc(F)c(N2CCCC(NC(=O)C3CCCN(C(=O)C(C)(C)C)C3)C2)c1. The maximum absolute atomic E-state index is 14.3. The molecule has 1 aromatic rings. The van der Waals surface area contributed by atoms with Crippen molar-refractivity contribution in [2.75, 3.05) is 31.1 Å². The third-order valence-electron chi connectivity index (χ3n) is 5.93. The number of aryl methyl sites for hydroxylation is 1. The second-order valence-electron chi connectivity index (χ2n) is 9.59. The third kappa shape index (κ3) is 5.28. The van der Waals surface area contributed by atoms with E-state index in [2.05, 4.69) is 5.32 Å². The van der Waals surface area contributed by atoms with Crippen LogP contribution in [0.25, 0.3) is 0 Å². The molecule has 6 heteroatoms. The molecule has 5 nitrogen and oxygen atoms in total. The topological polar surface area (TPSA) is 52.7 Å². The summed E-state index contributed by atoms with van der Waals surface area (Å²) >= 11 is 0. The fraction of sp³-hybridized carbons (Fsp3) is 0.652. The molecular formula is C23H34FN3O2. The van der Waals surface area contributed by atoms with Gasteiger partial charge in [-0.15, -0.1) is 0 Å². The second kappa shape index (κ2) is 8.72. The Morgan fingerprint density at radius 1 is 1.10 bits per heavy atom. The zero-order valence-corrected chi connectivity index (χ0v) is 18.1. The molecule has 2 unspecified atom stereocenters. The van der Waals surface area contributed by atoms with Gasteiger partial charge in [-0.1, -0.05) is 26.8 Å². The van der Waals surface area contributed by atoms with Crippen LogP contribution in [0.2, 0.25) is 0 Å². The quantitative estimate of drug-likeness (QED) is 0.840. The number of hydrogen-bond acceptors (Lipinski definition) is 3. The Morgan fingerprint density at radius 2 is 1.83 bits per heavy atom. The highest BCUT2D eigenvalue weighted by molar-refractivity contribution is 5.84. The number of halogens is 1. The van der Waals surface area contributed by atoms with Crippen LogP contribution >= 0.6 is 0 Å². The summed E-state index contributed by atoms with van der Waals surface area (Å²) < 4.78 is 14.3. The number of carbonyl (C=O) groups is 2. The fourth-order valence-corrected chi connectivity index (χ4v) is 4.35. The van der Waals surface area contributed by atoms with Gasteiger partial charge >= 0.3 is 0 Å². The molecule has 2 atom stereocenters. The molecule has 1 aromatic carbocycles. The van der Waals surface area contributed by atoms with Gasteiger partial charge in [-0.2, -0.15) is 0 Å². The van der Waals surface area contributed by atoms with E-state index in [4.69, 9.17) is 0 Å². The van der Waals surface area contributed by atoms with Crippen LogP contribution in [0, 0.1) is 24.1 Å². The molecule has 0 saturated carbocycles. The Bertz CT molecular complexity index is 759. The van der Waals surface area contributed by atoms with Crippen LogP contribution in [0.3, 0.4) is 0 Å². The molecule has 160 valence electrons. The molecule has 2 saturated heterocycles. The summed E-state index contributed by atoms with van der Waals surface area (Å²) in [5.74, 6) is -0.255. The molecule has 2 heterocycles. The van der Waals surface area contributed by atoms with E-state index in [1.165, 1.54) is 6.07 Å². The highest BCUT2D eigenvalue weighted by Crippen LogP contribution is 2.26. The van der Waals surface area contributed by atoms with Gasteiger partial charge in [-0.05, 0) is 50.3 Å². The van der Waals surface area contributed by atoms with Gasteiger partial charge in [0.05, 0.1) is 11.6 Å². The zero-order valence-electron chi connectivity index (χ0n) is 18.1. The van der Waals surface area contributed by atoms with Crippen molar-refractivity contribution < 1.29 is 14.0 Å². The van der Waals surface area contributed by atoms with E-state index in [1.807, 2.05) is 43.6 Å². The minimum Gasteiger partial charge on any atom is -0.367 e. The summed E-state index contributed by atoms with van der Waals surface area (Å²) in [6, 6.07) is 5.16. The van der Waals surface area contributed by atoms with Crippen molar-refractivity contribution in [2.45, 2.75) is 59.4 Å². The highest BCUT2D eigenvalue weighted by atomic mass is 19.1. The lowest BCUT2D eigenvalue weighted by atomic mass is 9.90. The number of hydrogen-bond donors (Lipinski definition) is 1. The molecule has 2 aliphatic heterocycles. The van der Waals surface area contributed by atoms with E-state index in [0.717, 1.165) is 44.3 Å². The van der Waals surface area contributed by atoms with Crippen LogP contribution in [0.15, 0.2) is 18.2 Å². The Morgan fingerprint density at radius 3 is 2.55 bits per heavy atom. The minimum atomic E-state index is -0.430. The van der Waals surface area contributed by atoms with Crippen molar-refractivity contribution in [3.8, 4) is 0 Å². The molecule has 0 bridgehead atoms. The molecule has 0 aliphatic carbocycles. The molecule has 0 radical (unpaired) electrons. The van der Waals surface area contributed by atoms with Gasteiger partial charge in [0.25, 0.3) is 0 Å². The lowest BCUT2D eigenvalue weighted by Crippen LogP contribution is -2.53. The molecule has 2 aliphatic rings. The number of rotatable bonds is 3. The summed E-state index contributed by atoms with van der Waals surface area (Å²) in [7, 11) is 0. The van der Waals surface area contributed by atoms with Gasteiger partial charge in [-0.3, -0.25) is 9.59 Å². The first-order valence-corrected chi connectivity index (χ1v) is 10.8. The minimum absolute atomic E-state index is 0.00450. The number of likely N-dealkylation sites (tertiary alicyclic amines) is 1. The average Bonchev–Trinajstić information content (AvgIpc) is 2.69. The Balaban J connectivity index is 1.60. The smallest absolute Gasteiger partial charge is 0.227 e. The summed E-state index contributed by atoms with van der Waals surface area (Å²) in [6.07, 6.45) is 3.47. The third-order valence-corrected chi connectivity index (χ3v) is 5.93. The lowest BCUT2D eigenvalue weighted by Gasteiger charge is -2.38. The van der Waals surface area contributed by atoms with Crippen LogP contribution in [-0.4, -0.2) is 48.9 Å². The van der Waals surface area contributed by atoms with Gasteiger partial charge in [0, 0.05) is 37.6 Å². The fourth-order valence-electron chi connectivity index (χ4n) is 4.35. The zero-order chi connectivity index (χ0) is 21.2. The van der Waals surface area contributed by atoms with E-state index in [0.29, 0.717) is 18.8 Å². The number of anilines is 1. The first-order chi connectivity index (χ1) is 13.6. The van der Waals surface area contributed by atoms with E-state index in [1.54, 1.807) is 6.07 Å². The number of nitrogens with zero attached hydrogens (tertiary/aromatic N) is 2. The summed E-state index contributed by atoms with van der Waals surface area (Å²) in [4.78, 5) is 29.4. The molecule has 0 spiro atoms. The van der Waals surface area contributed by atoms with Crippen LogP contribution in [0.4, 0.5) is 10.1 Å². The van der Waals surface area contributed by atoms with Gasteiger partial charge in [0.15, 0.2) is 0 Å². The monoisotopic (exact) mass is 403 g/mol. The van der Waals surface area contributed by atoms with Crippen molar-refractivity contribution in [1.82, 2.24) is 10.2 Å². The molecule has 3 rings (SSSR count). The number of piperidine rings is 2. The van der Waals surface area contributed by atoms with Crippen molar-refractivity contribution >= 4 is 17.5 Å².